The van der Waals surface area contributed by atoms with Crippen LogP contribution in [0.5, 0.6) is 0 Å². The summed E-state index contributed by atoms with van der Waals surface area (Å²) in [6, 6.07) is -0.506. The van der Waals surface area contributed by atoms with Crippen LogP contribution in [-0.2, 0) is 19.4 Å². The fraction of sp³-hybridized carbons (Fsp3) is 0.833. The third kappa shape index (κ3) is 4.19. The Kier molecular flexibility index (Phi) is 5.34. The molecule has 1 fully saturated rings. The normalized spacial score (nSPS) is 20.8. The van der Waals surface area contributed by atoms with E-state index in [9.17, 15) is 18.0 Å². The minimum atomic E-state index is -3.19. The van der Waals surface area contributed by atoms with Crippen molar-refractivity contribution >= 4 is 21.7 Å². The molecule has 1 aliphatic heterocycles. The van der Waals surface area contributed by atoms with Gasteiger partial charge in [-0.25, -0.2) is 8.42 Å². The molecule has 19 heavy (non-hydrogen) atoms. The van der Waals surface area contributed by atoms with E-state index in [4.69, 9.17) is 0 Å². The van der Waals surface area contributed by atoms with E-state index in [1.54, 1.807) is 13.8 Å². The van der Waals surface area contributed by atoms with Crippen molar-refractivity contribution in [2.45, 2.75) is 44.9 Å². The molecule has 110 valence electrons. The first kappa shape index (κ1) is 15.9. The predicted molar refractivity (Wildman–Crippen MR) is 72.3 cm³/mol. The van der Waals surface area contributed by atoms with Crippen LogP contribution in [0.1, 0.15) is 33.6 Å². The molecule has 1 rings (SSSR count). The summed E-state index contributed by atoms with van der Waals surface area (Å²) in [7, 11) is -3.19. The number of hydrogen-bond donors (Lipinski definition) is 1. The number of rotatable bonds is 6. The lowest BCUT2D eigenvalue weighted by molar-refractivity contribution is -0.144. The van der Waals surface area contributed by atoms with E-state index in [1.807, 2.05) is 6.92 Å². The van der Waals surface area contributed by atoms with Crippen LogP contribution in [0.25, 0.3) is 0 Å². The number of hydrogen-bond acceptors (Lipinski definition) is 4. The van der Waals surface area contributed by atoms with Gasteiger partial charge in [-0.1, -0.05) is 13.3 Å². The maximum Gasteiger partial charge on any atom is 0.245 e. The Morgan fingerprint density at radius 1 is 1.37 bits per heavy atom. The molecule has 0 aromatic carbocycles. The summed E-state index contributed by atoms with van der Waals surface area (Å²) in [5, 5.41) is 2.17. The van der Waals surface area contributed by atoms with Gasteiger partial charge in [-0.3, -0.25) is 9.59 Å². The summed E-state index contributed by atoms with van der Waals surface area (Å²) in [6.07, 6.45) is 1.37. The Hall–Kier alpha value is -1.11. The van der Waals surface area contributed by atoms with E-state index in [1.165, 1.54) is 4.90 Å². The van der Waals surface area contributed by atoms with Gasteiger partial charge < -0.3 is 10.2 Å². The molecule has 0 saturated carbocycles. The van der Waals surface area contributed by atoms with Gasteiger partial charge in [-0.2, -0.15) is 0 Å². The molecule has 0 radical (unpaired) electrons. The molecule has 7 heteroatoms. The molecule has 1 N–H and O–H groups in total. The van der Waals surface area contributed by atoms with Gasteiger partial charge in [0.2, 0.25) is 11.8 Å². The van der Waals surface area contributed by atoms with E-state index in [0.717, 1.165) is 6.42 Å². The van der Waals surface area contributed by atoms with Crippen LogP contribution < -0.4 is 5.32 Å². The van der Waals surface area contributed by atoms with Crippen molar-refractivity contribution in [3.63, 3.8) is 0 Å². The number of nitrogens with one attached hydrogen (secondary N) is 1. The van der Waals surface area contributed by atoms with E-state index >= 15 is 0 Å². The van der Waals surface area contributed by atoms with Crippen LogP contribution in [0.2, 0.25) is 0 Å². The maximum atomic E-state index is 12.1. The fourth-order valence-electron chi connectivity index (χ4n) is 1.92. The average molecular weight is 290 g/mol. The molecule has 1 saturated heterocycles. The van der Waals surface area contributed by atoms with Gasteiger partial charge in [0.25, 0.3) is 0 Å². The number of sulfone groups is 1. The van der Waals surface area contributed by atoms with Gasteiger partial charge in [0.1, 0.15) is 6.04 Å². The maximum absolute atomic E-state index is 12.1. The van der Waals surface area contributed by atoms with Crippen LogP contribution >= 0.6 is 0 Å². The minimum absolute atomic E-state index is 0.0489. The summed E-state index contributed by atoms with van der Waals surface area (Å²) >= 11 is 0. The van der Waals surface area contributed by atoms with Crippen molar-refractivity contribution in [2.75, 3.05) is 18.8 Å². The average Bonchev–Trinajstić information content (AvgIpc) is 2.31. The van der Waals surface area contributed by atoms with Gasteiger partial charge >= 0.3 is 0 Å². The second-order valence-electron chi connectivity index (χ2n) is 5.08. The van der Waals surface area contributed by atoms with Crippen molar-refractivity contribution in [3.8, 4) is 0 Å². The monoisotopic (exact) mass is 290 g/mol. The highest BCUT2D eigenvalue weighted by molar-refractivity contribution is 7.92. The second-order valence-corrected chi connectivity index (χ2v) is 7.76. The largest absolute Gasteiger partial charge is 0.343 e. The van der Waals surface area contributed by atoms with Crippen molar-refractivity contribution in [1.82, 2.24) is 10.2 Å². The smallest absolute Gasteiger partial charge is 0.245 e. The molecule has 0 aliphatic carbocycles. The molecular weight excluding hydrogens is 268 g/mol. The van der Waals surface area contributed by atoms with Crippen molar-refractivity contribution in [3.05, 3.63) is 0 Å². The summed E-state index contributed by atoms with van der Waals surface area (Å²) in [4.78, 5) is 24.9. The zero-order valence-electron chi connectivity index (χ0n) is 11.7. The number of carbonyl (C=O) groups is 2. The van der Waals surface area contributed by atoms with Gasteiger partial charge in [0.15, 0.2) is 9.84 Å². The van der Waals surface area contributed by atoms with Crippen LogP contribution in [0.4, 0.5) is 0 Å². The first-order chi connectivity index (χ1) is 8.77. The number of amides is 2. The van der Waals surface area contributed by atoms with Crippen LogP contribution in [0.3, 0.4) is 0 Å². The lowest BCUT2D eigenvalue weighted by Crippen LogP contribution is -2.58. The van der Waals surface area contributed by atoms with Gasteiger partial charge in [-0.15, -0.1) is 0 Å². The standard InChI is InChI=1S/C12H22N2O4S/c1-4-5-10-12(16)14(8-11(15)13-10)6-7-19(17,18)9(2)3/h9-10H,4-8H2,1-3H3,(H,13,15). The molecule has 1 aliphatic rings. The lowest BCUT2D eigenvalue weighted by Gasteiger charge is -2.32. The van der Waals surface area contributed by atoms with Gasteiger partial charge in [0.05, 0.1) is 17.5 Å². The van der Waals surface area contributed by atoms with Gasteiger partial charge in [0, 0.05) is 6.54 Å². The van der Waals surface area contributed by atoms with Crippen molar-refractivity contribution < 1.29 is 18.0 Å². The fourth-order valence-corrected chi connectivity index (χ4v) is 2.87. The highest BCUT2D eigenvalue weighted by Gasteiger charge is 2.32. The van der Waals surface area contributed by atoms with Crippen molar-refractivity contribution in [2.24, 2.45) is 0 Å². The van der Waals surface area contributed by atoms with E-state index in [-0.39, 0.29) is 30.7 Å². The molecule has 2 amide bonds. The number of piperazine rings is 1. The van der Waals surface area contributed by atoms with Crippen LogP contribution in [0, 0.1) is 0 Å². The SMILES string of the molecule is CCCC1NC(=O)CN(CCS(=O)(=O)C(C)C)C1=O. The third-order valence-electron chi connectivity index (χ3n) is 3.22. The number of carbonyl (C=O) groups excluding carboxylic acids is 2. The predicted octanol–water partition coefficient (Wildman–Crippen LogP) is -0.0633. The Morgan fingerprint density at radius 2 is 2.00 bits per heavy atom. The highest BCUT2D eigenvalue weighted by Crippen LogP contribution is 2.09. The molecule has 0 aromatic rings. The van der Waals surface area contributed by atoms with Crippen LogP contribution in [0.15, 0.2) is 0 Å². The summed E-state index contributed by atoms with van der Waals surface area (Å²) in [6.45, 7) is 5.20. The molecule has 1 unspecified atom stereocenters. The Labute approximate surface area is 114 Å². The zero-order chi connectivity index (χ0) is 14.6. The molecular formula is C12H22N2O4S. The molecule has 0 bridgehead atoms. The quantitative estimate of drug-likeness (QED) is 0.742. The van der Waals surface area contributed by atoms with Gasteiger partial charge in [-0.05, 0) is 20.3 Å². The summed E-state index contributed by atoms with van der Waals surface area (Å²) in [5.41, 5.74) is 0. The minimum Gasteiger partial charge on any atom is -0.343 e. The Balaban J connectivity index is 2.67. The first-order valence-corrected chi connectivity index (χ1v) is 8.29. The van der Waals surface area contributed by atoms with Crippen molar-refractivity contribution in [1.29, 1.82) is 0 Å². The first-order valence-electron chi connectivity index (χ1n) is 6.57. The van der Waals surface area contributed by atoms with E-state index < -0.39 is 21.1 Å². The van der Waals surface area contributed by atoms with E-state index in [0.29, 0.717) is 6.42 Å². The Morgan fingerprint density at radius 3 is 2.53 bits per heavy atom. The van der Waals surface area contributed by atoms with E-state index in [2.05, 4.69) is 5.32 Å². The molecule has 0 spiro atoms. The summed E-state index contributed by atoms with van der Waals surface area (Å²) < 4.78 is 23.5. The lowest BCUT2D eigenvalue weighted by atomic mass is 10.1. The second kappa shape index (κ2) is 6.36. The van der Waals surface area contributed by atoms with Crippen LogP contribution in [-0.4, -0.2) is 55.3 Å². The zero-order valence-corrected chi connectivity index (χ0v) is 12.5. The summed E-state index contributed by atoms with van der Waals surface area (Å²) in [5.74, 6) is -0.497. The molecule has 1 atom stereocenters. The Bertz CT molecular complexity index is 445. The number of nitrogens with zero attached hydrogens (tertiary/aromatic N) is 1. The molecule has 0 aromatic heterocycles. The topological polar surface area (TPSA) is 83.6 Å². The highest BCUT2D eigenvalue weighted by atomic mass is 32.2. The third-order valence-corrected chi connectivity index (χ3v) is 5.41. The molecule has 1 heterocycles. The molecule has 6 nitrogen and oxygen atoms in total.